The number of aromatic hydroxyl groups is 2. The van der Waals surface area contributed by atoms with Crippen LogP contribution in [0.3, 0.4) is 0 Å². The summed E-state index contributed by atoms with van der Waals surface area (Å²) < 4.78 is 0.657. The Morgan fingerprint density at radius 2 is 2.36 bits per heavy atom. The lowest BCUT2D eigenvalue weighted by molar-refractivity contribution is -0.145. The Morgan fingerprint density at radius 3 is 2.79 bits per heavy atom. The van der Waals surface area contributed by atoms with Crippen LogP contribution in [-0.4, -0.2) is 20.9 Å². The quantitative estimate of drug-likeness (QED) is 0.542. The fourth-order valence-corrected chi connectivity index (χ4v) is 1.50. The van der Waals surface area contributed by atoms with Crippen molar-refractivity contribution in [3.63, 3.8) is 0 Å². The van der Waals surface area contributed by atoms with E-state index in [-0.39, 0.29) is 18.2 Å². The minimum atomic E-state index is -0.554. The van der Waals surface area contributed by atoms with Gasteiger partial charge in [0.1, 0.15) is 0 Å². The van der Waals surface area contributed by atoms with Crippen molar-refractivity contribution in [1.29, 1.82) is 0 Å². The first-order valence-electron chi connectivity index (χ1n) is 3.76. The molecule has 0 aliphatic carbocycles. The lowest BCUT2D eigenvalue weighted by Gasteiger charge is -2.04. The third-order valence-electron chi connectivity index (χ3n) is 1.46. The summed E-state index contributed by atoms with van der Waals surface area (Å²) in [6.45, 7) is 1.61. The number of aromatic nitrogens is 1. The number of nitrogens with zero attached hydrogens (tertiary/aromatic N) is 1. The number of hydrogen-bond acceptors (Lipinski definition) is 6. The summed E-state index contributed by atoms with van der Waals surface area (Å²) in [5, 5.41) is 18.7. The highest BCUT2D eigenvalue weighted by Crippen LogP contribution is 2.36. The summed E-state index contributed by atoms with van der Waals surface area (Å²) in [5.41, 5.74) is 0. The molecular weight excluding hydrogens is 226 g/mol. The van der Waals surface area contributed by atoms with Crippen LogP contribution in [0.2, 0.25) is 0 Å². The molecule has 14 heavy (non-hydrogen) atoms. The van der Waals surface area contributed by atoms with Crippen molar-refractivity contribution in [3.8, 4) is 11.8 Å². The van der Waals surface area contributed by atoms with Crippen molar-refractivity contribution in [2.24, 2.45) is 0 Å². The van der Waals surface area contributed by atoms with Crippen LogP contribution in [-0.2, 0) is 4.79 Å². The van der Waals surface area contributed by atoms with Gasteiger partial charge in [0.2, 0.25) is 11.8 Å². The molecule has 1 rings (SSSR count). The van der Waals surface area contributed by atoms with E-state index in [1.807, 2.05) is 0 Å². The lowest BCUT2D eigenvalue weighted by Crippen LogP contribution is -2.17. The van der Waals surface area contributed by atoms with Crippen LogP contribution < -0.4 is 4.84 Å². The number of carbonyl (C=O) groups is 1. The third kappa shape index (κ3) is 2.10. The molecule has 2 N–H and O–H groups in total. The van der Waals surface area contributed by atoms with Gasteiger partial charge in [-0.1, -0.05) is 17.7 Å². The Kier molecular flexibility index (Phi) is 3.59. The normalized spacial score (nSPS) is 10.1. The second kappa shape index (κ2) is 4.52. The Balaban J connectivity index is 2.96. The SMILES string of the molecule is CCC(=O)On1c(O)cc(SS)c1O. The van der Waals surface area contributed by atoms with Crippen LogP contribution in [0.5, 0.6) is 11.8 Å². The molecule has 7 heteroatoms. The van der Waals surface area contributed by atoms with E-state index >= 15 is 0 Å². The molecule has 0 aliphatic rings. The maximum absolute atomic E-state index is 10.9. The molecule has 0 fully saturated rings. The molecule has 0 amide bonds. The zero-order valence-corrected chi connectivity index (χ0v) is 9.01. The van der Waals surface area contributed by atoms with E-state index in [4.69, 9.17) is 0 Å². The fourth-order valence-electron chi connectivity index (χ4n) is 0.773. The standard InChI is InChI=1S/C7H9NO4S2/c1-2-6(10)12-8-5(9)3-4(14-13)7(8)11/h3,9,11,13H,2H2,1H3. The van der Waals surface area contributed by atoms with E-state index in [0.29, 0.717) is 9.63 Å². The lowest BCUT2D eigenvalue weighted by atomic mass is 10.5. The first-order chi connectivity index (χ1) is 6.60. The molecule has 0 bridgehead atoms. The molecule has 1 aromatic rings. The summed E-state index contributed by atoms with van der Waals surface area (Å²) in [5.74, 6) is -1.24. The Bertz CT molecular complexity index is 350. The highest BCUT2D eigenvalue weighted by Gasteiger charge is 2.16. The van der Waals surface area contributed by atoms with Crippen molar-refractivity contribution in [1.82, 2.24) is 4.73 Å². The minimum absolute atomic E-state index is 0.153. The average molecular weight is 235 g/mol. The van der Waals surface area contributed by atoms with Gasteiger partial charge in [-0.25, -0.2) is 4.79 Å². The predicted molar refractivity (Wildman–Crippen MR) is 54.5 cm³/mol. The maximum Gasteiger partial charge on any atom is 0.332 e. The highest BCUT2D eigenvalue weighted by molar-refractivity contribution is 8.68. The van der Waals surface area contributed by atoms with Gasteiger partial charge in [0.15, 0.2) is 0 Å². The van der Waals surface area contributed by atoms with Crippen molar-refractivity contribution < 1.29 is 19.8 Å². The van der Waals surface area contributed by atoms with E-state index in [1.54, 1.807) is 6.92 Å². The molecule has 0 unspecified atom stereocenters. The number of carbonyl (C=O) groups excluding carboxylic acids is 1. The third-order valence-corrected chi connectivity index (χ3v) is 2.55. The first-order valence-corrected chi connectivity index (χ1v) is 5.63. The second-order valence-corrected chi connectivity index (χ2v) is 3.56. The van der Waals surface area contributed by atoms with Gasteiger partial charge in [0.05, 0.1) is 4.90 Å². The van der Waals surface area contributed by atoms with Gasteiger partial charge in [-0.15, -0.1) is 16.4 Å². The second-order valence-electron chi connectivity index (χ2n) is 2.39. The summed E-state index contributed by atoms with van der Waals surface area (Å²) >= 11 is 3.85. The predicted octanol–water partition coefficient (Wildman–Crippen LogP) is 1.20. The molecule has 0 spiro atoms. The van der Waals surface area contributed by atoms with Crippen molar-refractivity contribution in [2.45, 2.75) is 18.2 Å². The van der Waals surface area contributed by atoms with Gasteiger partial charge in [-0.2, -0.15) is 0 Å². The van der Waals surface area contributed by atoms with Gasteiger partial charge >= 0.3 is 5.97 Å². The van der Waals surface area contributed by atoms with E-state index in [0.717, 1.165) is 10.8 Å². The van der Waals surface area contributed by atoms with E-state index in [1.165, 1.54) is 6.07 Å². The Labute approximate surface area is 89.4 Å². The van der Waals surface area contributed by atoms with Gasteiger partial charge in [0, 0.05) is 12.5 Å². The maximum atomic E-state index is 10.9. The number of hydrogen-bond donors (Lipinski definition) is 3. The zero-order chi connectivity index (χ0) is 10.7. The topological polar surface area (TPSA) is 71.7 Å². The molecule has 1 heterocycles. The number of thiol groups is 1. The molecule has 0 aromatic carbocycles. The summed E-state index contributed by atoms with van der Waals surface area (Å²) in [6.07, 6.45) is 0.153. The monoisotopic (exact) mass is 235 g/mol. The van der Waals surface area contributed by atoms with Crippen molar-refractivity contribution in [2.75, 3.05) is 0 Å². The van der Waals surface area contributed by atoms with E-state index in [9.17, 15) is 15.0 Å². The molecule has 0 radical (unpaired) electrons. The molecule has 0 atom stereocenters. The van der Waals surface area contributed by atoms with Crippen LogP contribution in [0.25, 0.3) is 0 Å². The average Bonchev–Trinajstić information content (AvgIpc) is 2.44. The van der Waals surface area contributed by atoms with Crippen LogP contribution in [0.1, 0.15) is 13.3 Å². The van der Waals surface area contributed by atoms with Gasteiger partial charge in [0.25, 0.3) is 0 Å². The molecule has 5 nitrogen and oxygen atoms in total. The fraction of sp³-hybridized carbons (Fsp3) is 0.286. The molecule has 78 valence electrons. The molecular formula is C7H9NO4S2. The first kappa shape index (κ1) is 11.1. The van der Waals surface area contributed by atoms with E-state index in [2.05, 4.69) is 16.5 Å². The van der Waals surface area contributed by atoms with Crippen LogP contribution in [0.15, 0.2) is 11.0 Å². The molecule has 0 saturated heterocycles. The molecule has 0 saturated carbocycles. The van der Waals surface area contributed by atoms with E-state index < -0.39 is 5.97 Å². The van der Waals surface area contributed by atoms with Crippen molar-refractivity contribution in [3.05, 3.63) is 6.07 Å². The Morgan fingerprint density at radius 1 is 1.71 bits per heavy atom. The van der Waals surface area contributed by atoms with Crippen LogP contribution in [0.4, 0.5) is 0 Å². The van der Waals surface area contributed by atoms with Gasteiger partial charge in [-0.3, -0.25) is 0 Å². The summed E-state index contributed by atoms with van der Waals surface area (Å²) in [7, 11) is 0.937. The molecule has 0 aliphatic heterocycles. The van der Waals surface area contributed by atoms with Crippen LogP contribution in [0, 0.1) is 0 Å². The van der Waals surface area contributed by atoms with Gasteiger partial charge < -0.3 is 15.1 Å². The Hall–Kier alpha value is -0.950. The number of rotatable bonds is 3. The smallest absolute Gasteiger partial charge is 0.332 e. The van der Waals surface area contributed by atoms with Crippen LogP contribution >= 0.6 is 22.5 Å². The van der Waals surface area contributed by atoms with Gasteiger partial charge in [-0.05, 0) is 0 Å². The minimum Gasteiger partial charge on any atom is -0.492 e. The zero-order valence-electron chi connectivity index (χ0n) is 7.30. The largest absolute Gasteiger partial charge is 0.492 e. The van der Waals surface area contributed by atoms with Crippen molar-refractivity contribution >= 4 is 28.4 Å². The summed E-state index contributed by atoms with van der Waals surface area (Å²) in [6, 6.07) is 1.25. The summed E-state index contributed by atoms with van der Waals surface area (Å²) in [4.78, 5) is 15.8. The highest BCUT2D eigenvalue weighted by atomic mass is 33.1. The molecule has 1 aromatic heterocycles.